The maximum atomic E-state index is 12.2. The summed E-state index contributed by atoms with van der Waals surface area (Å²) in [6, 6.07) is 2.12. The van der Waals surface area contributed by atoms with Crippen molar-refractivity contribution >= 4 is 17.2 Å². The summed E-state index contributed by atoms with van der Waals surface area (Å²) in [5, 5.41) is 5.12. The minimum absolute atomic E-state index is 0.0451. The van der Waals surface area contributed by atoms with Gasteiger partial charge >= 0.3 is 0 Å². The molecule has 6 heteroatoms. The molecular formula is C17H26N2O3S. The number of nitrogens with one attached hydrogen (secondary N) is 1. The Bertz CT molecular complexity index is 514. The Morgan fingerprint density at radius 2 is 2.22 bits per heavy atom. The van der Waals surface area contributed by atoms with Crippen LogP contribution in [0.15, 0.2) is 11.4 Å². The van der Waals surface area contributed by atoms with Crippen molar-refractivity contribution in [2.24, 2.45) is 0 Å². The third kappa shape index (κ3) is 4.76. The molecule has 3 rings (SSSR count). The van der Waals surface area contributed by atoms with Crippen LogP contribution in [0.1, 0.15) is 23.3 Å². The first-order valence-corrected chi connectivity index (χ1v) is 9.36. The average Bonchev–Trinajstić information content (AvgIpc) is 3.18. The second kappa shape index (κ2) is 8.24. The molecule has 2 saturated heterocycles. The minimum Gasteiger partial charge on any atom is -0.379 e. The first-order valence-electron chi connectivity index (χ1n) is 8.48. The van der Waals surface area contributed by atoms with E-state index in [2.05, 4.69) is 28.6 Å². The van der Waals surface area contributed by atoms with E-state index in [9.17, 15) is 4.79 Å². The predicted molar refractivity (Wildman–Crippen MR) is 90.9 cm³/mol. The van der Waals surface area contributed by atoms with Crippen LogP contribution >= 0.6 is 11.3 Å². The summed E-state index contributed by atoms with van der Waals surface area (Å²) in [5.74, 6) is 0.0451. The van der Waals surface area contributed by atoms with E-state index in [1.165, 1.54) is 10.4 Å². The van der Waals surface area contributed by atoms with Crippen molar-refractivity contribution < 1.29 is 14.3 Å². The molecule has 0 unspecified atom stereocenters. The van der Waals surface area contributed by atoms with E-state index in [1.54, 1.807) is 11.3 Å². The average molecular weight is 338 g/mol. The van der Waals surface area contributed by atoms with Crippen molar-refractivity contribution in [3.8, 4) is 0 Å². The largest absolute Gasteiger partial charge is 0.379 e. The smallest absolute Gasteiger partial charge is 0.249 e. The van der Waals surface area contributed by atoms with Gasteiger partial charge < -0.3 is 14.8 Å². The second-order valence-corrected chi connectivity index (χ2v) is 7.31. The summed E-state index contributed by atoms with van der Waals surface area (Å²) in [5.41, 5.74) is 1.31. The second-order valence-electron chi connectivity index (χ2n) is 6.30. The topological polar surface area (TPSA) is 50.8 Å². The Labute approximate surface area is 142 Å². The number of aryl methyl sites for hydroxylation is 1. The highest BCUT2D eigenvalue weighted by molar-refractivity contribution is 7.10. The standard InChI is InChI=1S/C17H26N2O3S/c1-13-5-11-23-16(13)4-6-18-17(20)15-3-2-14(22-15)12-19-7-9-21-10-8-19/h5,11,14-15H,2-4,6-10,12H2,1H3,(H,18,20)/t14-,15+/m1/s1. The third-order valence-electron chi connectivity index (χ3n) is 4.58. The van der Waals surface area contributed by atoms with Crippen LogP contribution < -0.4 is 5.32 Å². The summed E-state index contributed by atoms with van der Waals surface area (Å²) in [6.45, 7) is 7.27. The fraction of sp³-hybridized carbons (Fsp3) is 0.706. The minimum atomic E-state index is -0.273. The maximum Gasteiger partial charge on any atom is 0.249 e. The Morgan fingerprint density at radius 1 is 1.39 bits per heavy atom. The molecule has 1 aromatic rings. The summed E-state index contributed by atoms with van der Waals surface area (Å²) < 4.78 is 11.3. The number of carbonyl (C=O) groups excluding carboxylic acids is 1. The lowest BCUT2D eigenvalue weighted by Crippen LogP contribution is -2.42. The van der Waals surface area contributed by atoms with Crippen molar-refractivity contribution in [3.05, 3.63) is 21.9 Å². The van der Waals surface area contributed by atoms with E-state index in [-0.39, 0.29) is 18.1 Å². The molecule has 0 spiro atoms. The number of amides is 1. The molecular weight excluding hydrogens is 312 g/mol. The van der Waals surface area contributed by atoms with Crippen LogP contribution in [0.25, 0.3) is 0 Å². The quantitative estimate of drug-likeness (QED) is 0.856. The molecule has 0 radical (unpaired) electrons. The molecule has 3 heterocycles. The molecule has 128 valence electrons. The Kier molecular flexibility index (Phi) is 6.05. The monoisotopic (exact) mass is 338 g/mol. The summed E-state index contributed by atoms with van der Waals surface area (Å²) in [4.78, 5) is 15.9. The fourth-order valence-corrected chi connectivity index (χ4v) is 4.09. The number of ether oxygens (including phenoxy) is 2. The van der Waals surface area contributed by atoms with Crippen LogP contribution in [0.5, 0.6) is 0 Å². The van der Waals surface area contributed by atoms with Gasteiger partial charge in [-0.05, 0) is 43.2 Å². The van der Waals surface area contributed by atoms with Gasteiger partial charge in [0.25, 0.3) is 0 Å². The molecule has 0 aromatic carbocycles. The number of rotatable bonds is 6. The van der Waals surface area contributed by atoms with Gasteiger partial charge in [-0.25, -0.2) is 0 Å². The molecule has 0 aliphatic carbocycles. The lowest BCUT2D eigenvalue weighted by Gasteiger charge is -2.28. The first kappa shape index (κ1) is 16.9. The summed E-state index contributed by atoms with van der Waals surface area (Å²) in [7, 11) is 0. The maximum absolute atomic E-state index is 12.2. The van der Waals surface area contributed by atoms with E-state index in [0.29, 0.717) is 6.54 Å². The highest BCUT2D eigenvalue weighted by atomic mass is 32.1. The molecule has 1 N–H and O–H groups in total. The van der Waals surface area contributed by atoms with Crippen molar-refractivity contribution in [3.63, 3.8) is 0 Å². The number of carbonyl (C=O) groups is 1. The molecule has 2 aliphatic rings. The lowest BCUT2D eigenvalue weighted by atomic mass is 10.1. The third-order valence-corrected chi connectivity index (χ3v) is 5.67. The Morgan fingerprint density at radius 3 is 2.96 bits per heavy atom. The van der Waals surface area contributed by atoms with Crippen LogP contribution in [-0.4, -0.2) is 62.4 Å². The molecule has 5 nitrogen and oxygen atoms in total. The molecule has 23 heavy (non-hydrogen) atoms. The van der Waals surface area contributed by atoms with E-state index >= 15 is 0 Å². The Balaban J connectivity index is 1.36. The lowest BCUT2D eigenvalue weighted by molar-refractivity contribution is -0.132. The SMILES string of the molecule is Cc1ccsc1CCNC(=O)[C@@H]1CC[C@H](CN2CCOCC2)O1. The molecule has 1 aromatic heterocycles. The van der Waals surface area contributed by atoms with Gasteiger partial charge in [0.05, 0.1) is 19.3 Å². The zero-order valence-corrected chi connectivity index (χ0v) is 14.6. The fourth-order valence-electron chi connectivity index (χ4n) is 3.18. The van der Waals surface area contributed by atoms with Gasteiger partial charge in [0.2, 0.25) is 5.91 Å². The van der Waals surface area contributed by atoms with E-state index in [1.807, 2.05) is 0 Å². The normalized spacial score (nSPS) is 25.6. The van der Waals surface area contributed by atoms with Gasteiger partial charge in [0, 0.05) is 31.1 Å². The first-order chi connectivity index (χ1) is 11.2. The van der Waals surface area contributed by atoms with Crippen molar-refractivity contribution in [2.75, 3.05) is 39.4 Å². The predicted octanol–water partition coefficient (Wildman–Crippen LogP) is 1.60. The van der Waals surface area contributed by atoms with Crippen LogP contribution in [0.2, 0.25) is 0 Å². The van der Waals surface area contributed by atoms with Crippen LogP contribution in [0.4, 0.5) is 0 Å². The van der Waals surface area contributed by atoms with Crippen molar-refractivity contribution in [1.29, 1.82) is 0 Å². The molecule has 0 saturated carbocycles. The van der Waals surface area contributed by atoms with Gasteiger partial charge in [0.1, 0.15) is 6.10 Å². The molecule has 1 amide bonds. The summed E-state index contributed by atoms with van der Waals surface area (Å²) in [6.07, 6.45) is 2.62. The molecule has 0 bridgehead atoms. The molecule has 2 atom stereocenters. The number of hydrogen-bond donors (Lipinski definition) is 1. The van der Waals surface area contributed by atoms with Crippen LogP contribution in [0.3, 0.4) is 0 Å². The van der Waals surface area contributed by atoms with Gasteiger partial charge in [-0.2, -0.15) is 0 Å². The van der Waals surface area contributed by atoms with E-state index < -0.39 is 0 Å². The van der Waals surface area contributed by atoms with E-state index in [0.717, 1.165) is 52.1 Å². The molecule has 2 fully saturated rings. The van der Waals surface area contributed by atoms with Gasteiger partial charge in [-0.15, -0.1) is 11.3 Å². The zero-order valence-electron chi connectivity index (χ0n) is 13.8. The van der Waals surface area contributed by atoms with Gasteiger partial charge in [-0.1, -0.05) is 0 Å². The highest BCUT2D eigenvalue weighted by Gasteiger charge is 2.31. The number of morpholine rings is 1. The van der Waals surface area contributed by atoms with E-state index in [4.69, 9.17) is 9.47 Å². The highest BCUT2D eigenvalue weighted by Crippen LogP contribution is 2.21. The summed E-state index contributed by atoms with van der Waals surface area (Å²) >= 11 is 1.75. The van der Waals surface area contributed by atoms with Crippen molar-refractivity contribution in [2.45, 2.75) is 38.4 Å². The Hall–Kier alpha value is -0.950. The van der Waals surface area contributed by atoms with Crippen LogP contribution in [-0.2, 0) is 20.7 Å². The number of hydrogen-bond acceptors (Lipinski definition) is 5. The zero-order chi connectivity index (χ0) is 16.1. The number of nitrogens with zero attached hydrogens (tertiary/aromatic N) is 1. The number of thiophene rings is 1. The van der Waals surface area contributed by atoms with Gasteiger partial charge in [0.15, 0.2) is 0 Å². The molecule has 2 aliphatic heterocycles. The van der Waals surface area contributed by atoms with Crippen molar-refractivity contribution in [1.82, 2.24) is 10.2 Å². The van der Waals surface area contributed by atoms with Crippen LogP contribution in [0, 0.1) is 6.92 Å². The van der Waals surface area contributed by atoms with Gasteiger partial charge in [-0.3, -0.25) is 9.69 Å².